The van der Waals surface area contributed by atoms with E-state index >= 15 is 0 Å². The van der Waals surface area contributed by atoms with Crippen LogP contribution in [0.1, 0.15) is 17.0 Å². The van der Waals surface area contributed by atoms with Crippen molar-refractivity contribution in [2.75, 3.05) is 0 Å². The van der Waals surface area contributed by atoms with Crippen LogP contribution >= 0.6 is 0 Å². The highest BCUT2D eigenvalue weighted by Crippen LogP contribution is 2.09. The SMILES string of the molecule is Cc1cc(C)n(CC(=O)NCc2cccn3nccc23)c(=O)n1. The zero-order chi connectivity index (χ0) is 16.4. The summed E-state index contributed by atoms with van der Waals surface area (Å²) < 4.78 is 3.11. The molecule has 0 saturated carbocycles. The molecule has 0 fully saturated rings. The van der Waals surface area contributed by atoms with Gasteiger partial charge in [-0.3, -0.25) is 9.36 Å². The Kier molecular flexibility index (Phi) is 3.92. The van der Waals surface area contributed by atoms with E-state index in [1.54, 1.807) is 30.6 Å². The zero-order valence-electron chi connectivity index (χ0n) is 13.0. The third-order valence-corrected chi connectivity index (χ3v) is 3.65. The largest absolute Gasteiger partial charge is 0.350 e. The number of carbonyl (C=O) groups excluding carboxylic acids is 1. The predicted octanol–water partition coefficient (Wildman–Crippen LogP) is 0.824. The second kappa shape index (κ2) is 6.04. The lowest BCUT2D eigenvalue weighted by atomic mass is 10.2. The third kappa shape index (κ3) is 3.13. The van der Waals surface area contributed by atoms with Crippen LogP contribution in [0.4, 0.5) is 0 Å². The van der Waals surface area contributed by atoms with Crippen LogP contribution in [0.5, 0.6) is 0 Å². The van der Waals surface area contributed by atoms with Gasteiger partial charge in [0.2, 0.25) is 5.91 Å². The average molecular weight is 311 g/mol. The van der Waals surface area contributed by atoms with Crippen molar-refractivity contribution in [3.8, 4) is 0 Å². The second-order valence-corrected chi connectivity index (χ2v) is 5.38. The smallest absolute Gasteiger partial charge is 0.348 e. The van der Waals surface area contributed by atoms with Gasteiger partial charge in [-0.05, 0) is 37.6 Å². The van der Waals surface area contributed by atoms with E-state index in [2.05, 4.69) is 15.4 Å². The summed E-state index contributed by atoms with van der Waals surface area (Å²) in [6, 6.07) is 7.48. The van der Waals surface area contributed by atoms with Crippen LogP contribution in [0, 0.1) is 13.8 Å². The lowest BCUT2D eigenvalue weighted by Crippen LogP contribution is -2.34. The Morgan fingerprint density at radius 3 is 2.91 bits per heavy atom. The third-order valence-electron chi connectivity index (χ3n) is 3.65. The van der Waals surface area contributed by atoms with Gasteiger partial charge in [0.05, 0.1) is 5.52 Å². The Bertz CT molecular complexity index is 926. The first-order chi connectivity index (χ1) is 11.0. The molecule has 0 spiro atoms. The molecule has 7 nitrogen and oxygen atoms in total. The van der Waals surface area contributed by atoms with Crippen molar-refractivity contribution in [2.45, 2.75) is 26.9 Å². The summed E-state index contributed by atoms with van der Waals surface area (Å²) >= 11 is 0. The molecular formula is C16H17N5O2. The van der Waals surface area contributed by atoms with Crippen molar-refractivity contribution in [3.05, 3.63) is 64.1 Å². The number of carbonyl (C=O) groups is 1. The lowest BCUT2D eigenvalue weighted by Gasteiger charge is -2.10. The molecule has 23 heavy (non-hydrogen) atoms. The van der Waals surface area contributed by atoms with Gasteiger partial charge >= 0.3 is 5.69 Å². The summed E-state index contributed by atoms with van der Waals surface area (Å²) in [4.78, 5) is 27.9. The normalized spacial score (nSPS) is 10.9. The summed E-state index contributed by atoms with van der Waals surface area (Å²) in [5.74, 6) is -0.234. The molecule has 1 amide bonds. The molecule has 7 heteroatoms. The zero-order valence-corrected chi connectivity index (χ0v) is 13.0. The van der Waals surface area contributed by atoms with Gasteiger partial charge in [-0.2, -0.15) is 10.1 Å². The number of hydrogen-bond acceptors (Lipinski definition) is 4. The Morgan fingerprint density at radius 1 is 1.30 bits per heavy atom. The molecular weight excluding hydrogens is 294 g/mol. The summed E-state index contributed by atoms with van der Waals surface area (Å²) in [6.07, 6.45) is 3.56. The fourth-order valence-electron chi connectivity index (χ4n) is 2.52. The Labute approximate surface area is 132 Å². The number of nitrogens with zero attached hydrogens (tertiary/aromatic N) is 4. The maximum atomic E-state index is 12.1. The quantitative estimate of drug-likeness (QED) is 0.773. The molecule has 0 aliphatic heterocycles. The average Bonchev–Trinajstić information content (AvgIpc) is 2.97. The van der Waals surface area contributed by atoms with Gasteiger partial charge in [0.15, 0.2) is 0 Å². The molecule has 118 valence electrons. The Hall–Kier alpha value is -2.96. The minimum absolute atomic E-state index is 0.0413. The van der Waals surface area contributed by atoms with E-state index in [4.69, 9.17) is 0 Å². The van der Waals surface area contributed by atoms with Gasteiger partial charge in [0.1, 0.15) is 6.54 Å². The number of nitrogens with one attached hydrogen (secondary N) is 1. The van der Waals surface area contributed by atoms with E-state index in [0.29, 0.717) is 12.2 Å². The minimum Gasteiger partial charge on any atom is -0.350 e. The topological polar surface area (TPSA) is 81.3 Å². The maximum Gasteiger partial charge on any atom is 0.348 e. The molecule has 3 aromatic rings. The molecule has 0 atom stereocenters. The Morgan fingerprint density at radius 2 is 2.13 bits per heavy atom. The number of aryl methyl sites for hydroxylation is 2. The van der Waals surface area contributed by atoms with Gasteiger partial charge in [-0.15, -0.1) is 0 Å². The molecule has 3 aromatic heterocycles. The molecule has 0 aromatic carbocycles. The van der Waals surface area contributed by atoms with Crippen LogP contribution < -0.4 is 11.0 Å². The fraction of sp³-hybridized carbons (Fsp3) is 0.250. The van der Waals surface area contributed by atoms with E-state index in [-0.39, 0.29) is 12.5 Å². The van der Waals surface area contributed by atoms with Crippen molar-refractivity contribution in [1.82, 2.24) is 24.5 Å². The van der Waals surface area contributed by atoms with E-state index < -0.39 is 5.69 Å². The van der Waals surface area contributed by atoms with Gasteiger partial charge in [-0.25, -0.2) is 9.31 Å². The van der Waals surface area contributed by atoms with Crippen LogP contribution in [0.3, 0.4) is 0 Å². The second-order valence-electron chi connectivity index (χ2n) is 5.38. The molecule has 0 aliphatic rings. The van der Waals surface area contributed by atoms with Crippen LogP contribution in [0.15, 0.2) is 41.5 Å². The lowest BCUT2D eigenvalue weighted by molar-refractivity contribution is -0.121. The van der Waals surface area contributed by atoms with Gasteiger partial charge in [-0.1, -0.05) is 6.07 Å². The van der Waals surface area contributed by atoms with Crippen molar-refractivity contribution in [3.63, 3.8) is 0 Å². The van der Waals surface area contributed by atoms with Crippen molar-refractivity contribution in [1.29, 1.82) is 0 Å². The number of amides is 1. The Balaban J connectivity index is 1.71. The van der Waals surface area contributed by atoms with Crippen LogP contribution in [-0.2, 0) is 17.9 Å². The van der Waals surface area contributed by atoms with Crippen LogP contribution in [0.2, 0.25) is 0 Å². The monoisotopic (exact) mass is 311 g/mol. The van der Waals surface area contributed by atoms with E-state index in [1.165, 1.54) is 4.57 Å². The molecule has 1 N–H and O–H groups in total. The maximum absolute atomic E-state index is 12.1. The van der Waals surface area contributed by atoms with E-state index in [9.17, 15) is 9.59 Å². The van der Waals surface area contributed by atoms with Gasteiger partial charge in [0.25, 0.3) is 0 Å². The van der Waals surface area contributed by atoms with Crippen molar-refractivity contribution >= 4 is 11.4 Å². The van der Waals surface area contributed by atoms with Crippen LogP contribution in [0.25, 0.3) is 5.52 Å². The molecule has 3 heterocycles. The van der Waals surface area contributed by atoms with E-state index in [1.807, 2.05) is 24.4 Å². The fourth-order valence-corrected chi connectivity index (χ4v) is 2.52. The minimum atomic E-state index is -0.407. The standard InChI is InChI=1S/C16H17N5O2/c1-11-8-12(2)20(16(23)19-11)10-15(22)17-9-13-4-3-7-21-14(13)5-6-18-21/h3-8H,9-10H2,1-2H3,(H,17,22). The number of rotatable bonds is 4. The highest BCUT2D eigenvalue weighted by Gasteiger charge is 2.09. The van der Waals surface area contributed by atoms with Gasteiger partial charge < -0.3 is 5.32 Å². The van der Waals surface area contributed by atoms with E-state index in [0.717, 1.165) is 16.8 Å². The summed E-state index contributed by atoms with van der Waals surface area (Å²) in [7, 11) is 0. The summed E-state index contributed by atoms with van der Waals surface area (Å²) in [5, 5.41) is 6.99. The van der Waals surface area contributed by atoms with Crippen LogP contribution in [-0.4, -0.2) is 25.1 Å². The molecule has 0 bridgehead atoms. The first kappa shape index (κ1) is 15.0. The predicted molar refractivity (Wildman–Crippen MR) is 85.0 cm³/mol. The summed E-state index contributed by atoms with van der Waals surface area (Å²) in [5.41, 5.74) is 2.87. The number of pyridine rings is 1. The molecule has 0 aliphatic carbocycles. The highest BCUT2D eigenvalue weighted by molar-refractivity contribution is 5.76. The molecule has 3 rings (SSSR count). The first-order valence-corrected chi connectivity index (χ1v) is 7.27. The number of aromatic nitrogens is 4. The first-order valence-electron chi connectivity index (χ1n) is 7.27. The van der Waals surface area contributed by atoms with Crippen molar-refractivity contribution in [2.24, 2.45) is 0 Å². The molecule has 0 radical (unpaired) electrons. The van der Waals surface area contributed by atoms with Gasteiger partial charge in [0, 0.05) is 30.3 Å². The summed E-state index contributed by atoms with van der Waals surface area (Å²) in [6.45, 7) is 3.88. The molecule has 0 unspecified atom stereocenters. The molecule has 0 saturated heterocycles. The highest BCUT2D eigenvalue weighted by atomic mass is 16.2. The number of fused-ring (bicyclic) bond motifs is 1. The van der Waals surface area contributed by atoms with Crippen molar-refractivity contribution < 1.29 is 4.79 Å². The number of hydrogen-bond donors (Lipinski definition) is 1.